The number of para-hydroxylation sites is 1. The summed E-state index contributed by atoms with van der Waals surface area (Å²) in [7, 11) is 0. The average molecular weight is 288 g/mol. The molecule has 1 atom stereocenters. The first-order chi connectivity index (χ1) is 9.74. The van der Waals surface area contributed by atoms with E-state index in [0.717, 1.165) is 5.69 Å². The molecule has 0 aliphatic carbocycles. The van der Waals surface area contributed by atoms with Crippen molar-refractivity contribution in [2.75, 3.05) is 0 Å². The zero-order chi connectivity index (χ0) is 13.9. The molecule has 0 unspecified atom stereocenters. The van der Waals surface area contributed by atoms with Crippen molar-refractivity contribution in [3.63, 3.8) is 0 Å². The van der Waals surface area contributed by atoms with E-state index in [1.165, 1.54) is 11.8 Å². The van der Waals surface area contributed by atoms with Gasteiger partial charge in [0.05, 0.1) is 10.9 Å². The van der Waals surface area contributed by atoms with Gasteiger partial charge in [0.1, 0.15) is 0 Å². The summed E-state index contributed by atoms with van der Waals surface area (Å²) in [5.74, 6) is 1.19. The molecular weight excluding hydrogens is 276 g/mol. The maximum atomic E-state index is 5.16. The van der Waals surface area contributed by atoms with E-state index in [1.54, 1.807) is 11.6 Å². The Bertz CT molecular complexity index is 695. The number of aryl methyl sites for hydroxylation is 1. The van der Waals surface area contributed by atoms with Crippen LogP contribution in [-0.4, -0.2) is 30.3 Å². The van der Waals surface area contributed by atoms with Gasteiger partial charge in [0.2, 0.25) is 11.0 Å². The van der Waals surface area contributed by atoms with Gasteiger partial charge in [-0.05, 0) is 36.4 Å². The molecule has 102 valence electrons. The van der Waals surface area contributed by atoms with Crippen LogP contribution >= 0.6 is 11.8 Å². The Kier molecular flexibility index (Phi) is 3.46. The summed E-state index contributed by atoms with van der Waals surface area (Å²) < 4.78 is 6.85. The third-order valence-electron chi connectivity index (χ3n) is 2.61. The number of hydrogen-bond donors (Lipinski definition) is 0. The maximum Gasteiger partial charge on any atom is 0.239 e. The van der Waals surface area contributed by atoms with E-state index < -0.39 is 0 Å². The first-order valence-electron chi connectivity index (χ1n) is 6.04. The third kappa shape index (κ3) is 2.55. The summed E-state index contributed by atoms with van der Waals surface area (Å²) >= 11 is 1.47. The van der Waals surface area contributed by atoms with Gasteiger partial charge < -0.3 is 4.52 Å². The predicted molar refractivity (Wildman–Crippen MR) is 72.5 cm³/mol. The number of rotatable bonds is 4. The molecule has 0 saturated carbocycles. The van der Waals surface area contributed by atoms with Crippen molar-refractivity contribution in [2.24, 2.45) is 0 Å². The lowest BCUT2D eigenvalue weighted by atomic mass is 10.3. The molecule has 2 aromatic heterocycles. The van der Waals surface area contributed by atoms with Gasteiger partial charge in [0, 0.05) is 0 Å². The highest BCUT2D eigenvalue weighted by Gasteiger charge is 2.19. The van der Waals surface area contributed by atoms with E-state index in [1.807, 2.05) is 37.3 Å². The Morgan fingerprint density at radius 3 is 2.75 bits per heavy atom. The van der Waals surface area contributed by atoms with E-state index in [2.05, 4.69) is 25.7 Å². The van der Waals surface area contributed by atoms with E-state index >= 15 is 0 Å². The van der Waals surface area contributed by atoms with Gasteiger partial charge >= 0.3 is 0 Å². The highest BCUT2D eigenvalue weighted by molar-refractivity contribution is 7.99. The molecule has 3 rings (SSSR count). The van der Waals surface area contributed by atoms with E-state index in [0.29, 0.717) is 16.9 Å². The van der Waals surface area contributed by atoms with Crippen LogP contribution in [0.1, 0.15) is 23.9 Å². The van der Waals surface area contributed by atoms with Gasteiger partial charge in [-0.15, -0.1) is 5.10 Å². The van der Waals surface area contributed by atoms with Crippen LogP contribution in [0, 0.1) is 6.92 Å². The number of hydrogen-bond acceptors (Lipinski definition) is 7. The van der Waals surface area contributed by atoms with Crippen molar-refractivity contribution < 1.29 is 4.52 Å². The summed E-state index contributed by atoms with van der Waals surface area (Å²) in [6.07, 6.45) is 0. The molecule has 3 aromatic rings. The quantitative estimate of drug-likeness (QED) is 0.680. The molecule has 0 saturated heterocycles. The van der Waals surface area contributed by atoms with Crippen molar-refractivity contribution in [3.8, 4) is 5.69 Å². The molecule has 0 aliphatic heterocycles. The molecule has 0 N–H and O–H groups in total. The molecule has 0 amide bonds. The van der Waals surface area contributed by atoms with Crippen molar-refractivity contribution >= 4 is 11.8 Å². The zero-order valence-electron chi connectivity index (χ0n) is 11.0. The number of benzene rings is 1. The molecule has 0 fully saturated rings. The van der Waals surface area contributed by atoms with Crippen LogP contribution in [0.3, 0.4) is 0 Å². The fraction of sp³-hybridized carbons (Fsp3) is 0.250. The van der Waals surface area contributed by atoms with Gasteiger partial charge in [0.15, 0.2) is 5.82 Å². The number of tetrazole rings is 1. The Balaban J connectivity index is 1.84. The minimum Gasteiger partial charge on any atom is -0.338 e. The highest BCUT2D eigenvalue weighted by atomic mass is 32.2. The molecule has 20 heavy (non-hydrogen) atoms. The van der Waals surface area contributed by atoms with Crippen LogP contribution in [0.2, 0.25) is 0 Å². The second-order valence-electron chi connectivity index (χ2n) is 4.15. The second kappa shape index (κ2) is 5.41. The normalized spacial score (nSPS) is 12.5. The Morgan fingerprint density at radius 1 is 1.25 bits per heavy atom. The van der Waals surface area contributed by atoms with Crippen molar-refractivity contribution in [2.45, 2.75) is 24.3 Å². The van der Waals surface area contributed by atoms with Crippen LogP contribution in [-0.2, 0) is 0 Å². The second-order valence-corrected chi connectivity index (χ2v) is 5.46. The maximum absolute atomic E-state index is 5.16. The largest absolute Gasteiger partial charge is 0.338 e. The molecular formula is C12H12N6OS. The standard InChI is InChI=1S/C12H12N6OS/c1-8(11-13-9(2)15-19-11)20-12-14-16-17-18(12)10-6-4-3-5-7-10/h3-8H,1-2H3/t8-/m1/s1. The highest BCUT2D eigenvalue weighted by Crippen LogP contribution is 2.32. The minimum absolute atomic E-state index is 0.0235. The van der Waals surface area contributed by atoms with Crippen LogP contribution in [0.25, 0.3) is 5.69 Å². The first kappa shape index (κ1) is 12.8. The molecule has 0 spiro atoms. The van der Waals surface area contributed by atoms with Crippen molar-refractivity contribution in [1.82, 2.24) is 30.3 Å². The summed E-state index contributed by atoms with van der Waals surface area (Å²) in [5, 5.41) is 16.2. The van der Waals surface area contributed by atoms with Gasteiger partial charge in [0.25, 0.3) is 0 Å². The lowest BCUT2D eigenvalue weighted by Gasteiger charge is -2.06. The lowest BCUT2D eigenvalue weighted by Crippen LogP contribution is -2.00. The number of aromatic nitrogens is 6. The molecule has 0 bridgehead atoms. The third-order valence-corrected chi connectivity index (χ3v) is 3.64. The molecule has 7 nitrogen and oxygen atoms in total. The fourth-order valence-electron chi connectivity index (χ4n) is 1.67. The average Bonchev–Trinajstić information content (AvgIpc) is 3.09. The first-order valence-corrected chi connectivity index (χ1v) is 6.92. The Labute approximate surface area is 119 Å². The predicted octanol–water partition coefficient (Wildman–Crippen LogP) is 2.21. The fourth-order valence-corrected chi connectivity index (χ4v) is 2.51. The summed E-state index contributed by atoms with van der Waals surface area (Å²) in [6.45, 7) is 3.76. The summed E-state index contributed by atoms with van der Waals surface area (Å²) in [5.41, 5.74) is 0.911. The molecule has 0 aliphatic rings. The number of thioether (sulfide) groups is 1. The van der Waals surface area contributed by atoms with E-state index in [9.17, 15) is 0 Å². The molecule has 1 aromatic carbocycles. The smallest absolute Gasteiger partial charge is 0.239 e. The monoisotopic (exact) mass is 288 g/mol. The van der Waals surface area contributed by atoms with Gasteiger partial charge in [-0.2, -0.15) is 9.67 Å². The minimum atomic E-state index is -0.0235. The molecule has 8 heteroatoms. The van der Waals surface area contributed by atoms with Crippen LogP contribution < -0.4 is 0 Å². The zero-order valence-corrected chi connectivity index (χ0v) is 11.8. The Hall–Kier alpha value is -2.22. The topological polar surface area (TPSA) is 82.5 Å². The number of nitrogens with zero attached hydrogens (tertiary/aromatic N) is 6. The van der Waals surface area contributed by atoms with Crippen LogP contribution in [0.15, 0.2) is 40.0 Å². The van der Waals surface area contributed by atoms with Gasteiger partial charge in [-0.3, -0.25) is 0 Å². The lowest BCUT2D eigenvalue weighted by molar-refractivity contribution is 0.376. The van der Waals surface area contributed by atoms with Crippen LogP contribution in [0.5, 0.6) is 0 Å². The van der Waals surface area contributed by atoms with E-state index in [4.69, 9.17) is 4.52 Å². The summed E-state index contributed by atoms with van der Waals surface area (Å²) in [6, 6.07) is 9.72. The van der Waals surface area contributed by atoms with Gasteiger partial charge in [-0.1, -0.05) is 35.1 Å². The SMILES string of the molecule is Cc1noc([C@@H](C)Sc2nnnn2-c2ccccc2)n1. The molecule has 2 heterocycles. The van der Waals surface area contributed by atoms with Crippen molar-refractivity contribution in [1.29, 1.82) is 0 Å². The molecule has 0 radical (unpaired) electrons. The van der Waals surface area contributed by atoms with Crippen LogP contribution in [0.4, 0.5) is 0 Å². The van der Waals surface area contributed by atoms with E-state index in [-0.39, 0.29) is 5.25 Å². The van der Waals surface area contributed by atoms with Gasteiger partial charge in [-0.25, -0.2) is 0 Å². The summed E-state index contributed by atoms with van der Waals surface area (Å²) in [4.78, 5) is 4.22. The van der Waals surface area contributed by atoms with Crippen molar-refractivity contribution in [3.05, 3.63) is 42.0 Å². The Morgan fingerprint density at radius 2 is 2.05 bits per heavy atom.